The molecule has 3 aliphatic rings. The molecule has 1 amide bonds. The minimum atomic E-state index is -4.94. The van der Waals surface area contributed by atoms with Gasteiger partial charge in [0.15, 0.2) is 5.71 Å². The molecule has 2 heterocycles. The molecule has 0 bridgehead atoms. The molecule has 2 aliphatic heterocycles. The normalized spacial score (nSPS) is 17.2. The summed E-state index contributed by atoms with van der Waals surface area (Å²) in [6.45, 7) is 16.3. The van der Waals surface area contributed by atoms with Gasteiger partial charge < -0.3 is 29.1 Å². The fourth-order valence-electron chi connectivity index (χ4n) is 9.08. The second-order valence-corrected chi connectivity index (χ2v) is 24.5. The van der Waals surface area contributed by atoms with Crippen LogP contribution in [0.15, 0.2) is 116 Å². The zero-order valence-corrected chi connectivity index (χ0v) is 57.7. The predicted octanol–water partition coefficient (Wildman–Crippen LogP) is -9.90. The summed E-state index contributed by atoms with van der Waals surface area (Å²) < 4.78 is 145. The summed E-state index contributed by atoms with van der Waals surface area (Å²) in [6, 6.07) is 13.4. The summed E-state index contributed by atoms with van der Waals surface area (Å²) in [6.07, 6.45) is 8.29. The van der Waals surface area contributed by atoms with Crippen LogP contribution in [0.5, 0.6) is 0 Å². The Morgan fingerprint density at radius 1 is 0.842 bits per heavy atom. The standard InChI is InChI=1S/C46H52N4O16S5.5Na/c1-45(2)36-28-33(67-66-65-52)17-19-38(36)49(23-6-8-25-68(53,54)55)40(45)21-15-30-13-14-31(42(30)43(47-5)44(51)48-32-11-10-12-34(27-32)70(59,60)61)16-22-41-46(3,4)37-29-35(71(62,63)64)18-20-39(37)50(41)24-7-9-26-69(56,57)58;;;;;/h10,12,15-22,27-29,43,52H,6-9,13-14,23-26H2,1-4H3,(H,48,51)(H,53,54,55)(H,56,57,58)(H,59,60,61)(H,62,63,64);;;;;/q;5*+1/p-4. The number of benzene rings is 3. The number of carbonyl (C=O) groups excluding carboxylic acids is 1. The van der Waals surface area contributed by atoms with E-state index >= 15 is 0 Å². The number of anilines is 2. The molecule has 382 valence electrons. The predicted molar refractivity (Wildman–Crippen MR) is 255 cm³/mol. The number of nitrogens with one attached hydrogen (secondary N) is 1. The fourth-order valence-corrected chi connectivity index (χ4v) is 11.6. The number of allylic oxidation sites excluding steroid dienone is 6. The maximum absolute atomic E-state index is 14.2. The topological polar surface area (TPSA) is 307 Å². The van der Waals surface area contributed by atoms with Crippen molar-refractivity contribution < 1.29 is 224 Å². The van der Waals surface area contributed by atoms with Crippen molar-refractivity contribution in [2.24, 2.45) is 0 Å². The Morgan fingerprint density at radius 3 is 2.09 bits per heavy atom. The molecule has 0 radical (unpaired) electrons. The second-order valence-electron chi connectivity index (χ2n) is 17.9. The molecule has 0 spiro atoms. The quantitative estimate of drug-likeness (QED) is 0.0146. The van der Waals surface area contributed by atoms with Crippen LogP contribution in [0.25, 0.3) is 4.85 Å². The fraction of sp³-hybridized carbons (Fsp3) is 0.370. The van der Waals surface area contributed by atoms with E-state index in [4.69, 9.17) is 6.57 Å². The van der Waals surface area contributed by atoms with E-state index in [9.17, 15) is 61.9 Å². The molecular formula is C46H48N4Na5O16S5+. The molecule has 30 heteroatoms. The summed E-state index contributed by atoms with van der Waals surface area (Å²) in [5.74, 6) is -1.96. The van der Waals surface area contributed by atoms with Gasteiger partial charge >= 0.3 is 160 Å². The maximum atomic E-state index is 14.2. The van der Waals surface area contributed by atoms with Gasteiger partial charge in [0, 0.05) is 58.1 Å². The number of unbranched alkanes of at least 4 members (excludes halogenated alkanes) is 2. The Kier molecular flexibility index (Phi) is 29.6. The van der Waals surface area contributed by atoms with Crippen LogP contribution in [-0.4, -0.2) is 98.7 Å². The van der Waals surface area contributed by atoms with Gasteiger partial charge in [0.1, 0.15) is 26.8 Å². The third kappa shape index (κ3) is 18.7. The molecule has 0 saturated heterocycles. The summed E-state index contributed by atoms with van der Waals surface area (Å²) >= 11 is 0.696. The van der Waals surface area contributed by atoms with Gasteiger partial charge in [-0.05, 0) is 99.1 Å². The third-order valence-corrected chi connectivity index (χ3v) is 16.3. The Labute approximate surface area is 559 Å². The van der Waals surface area contributed by atoms with Crippen molar-refractivity contribution in [3.05, 3.63) is 130 Å². The van der Waals surface area contributed by atoms with Crippen LogP contribution in [0.1, 0.15) is 77.3 Å². The molecule has 1 aliphatic carbocycles. The van der Waals surface area contributed by atoms with Crippen molar-refractivity contribution in [1.82, 2.24) is 0 Å². The zero-order chi connectivity index (χ0) is 52.3. The third-order valence-electron chi connectivity index (χ3n) is 12.4. The Hall–Kier alpha value is -0.0800. The van der Waals surface area contributed by atoms with Gasteiger partial charge in [-0.3, -0.25) is 19.2 Å². The summed E-state index contributed by atoms with van der Waals surface area (Å²) in [7, 11) is -18.6. The molecule has 1 atom stereocenters. The van der Waals surface area contributed by atoms with Crippen LogP contribution in [0.3, 0.4) is 0 Å². The van der Waals surface area contributed by atoms with Crippen LogP contribution < -0.4 is 163 Å². The number of nitrogens with zero attached hydrogens (tertiary/aromatic N) is 3. The monoisotopic (exact) mass is 1190 g/mol. The summed E-state index contributed by atoms with van der Waals surface area (Å²) in [5.41, 5.74) is 3.23. The number of carbonyl (C=O) groups is 1. The zero-order valence-electron chi connectivity index (χ0n) is 43.6. The molecule has 20 nitrogen and oxygen atoms in total. The van der Waals surface area contributed by atoms with Crippen molar-refractivity contribution in [3.63, 3.8) is 0 Å². The van der Waals surface area contributed by atoms with Crippen LogP contribution in [0, 0.1) is 12.6 Å². The van der Waals surface area contributed by atoms with Crippen molar-refractivity contribution in [1.29, 1.82) is 0 Å². The average Bonchev–Trinajstić information content (AvgIpc) is 3.83. The van der Waals surface area contributed by atoms with Gasteiger partial charge in [0.05, 0.1) is 43.8 Å². The number of hydrogen-bond donors (Lipinski definition) is 2. The molecular weight excluding hydrogens is 1140 g/mol. The number of rotatable bonds is 21. The van der Waals surface area contributed by atoms with Gasteiger partial charge in [-0.15, -0.1) is 6.07 Å². The largest absolute Gasteiger partial charge is 1.00 e. The van der Waals surface area contributed by atoms with Crippen LogP contribution in [0.2, 0.25) is 0 Å². The van der Waals surface area contributed by atoms with E-state index in [0.717, 1.165) is 29.4 Å². The van der Waals surface area contributed by atoms with E-state index in [-0.39, 0.29) is 191 Å². The number of amides is 1. The molecule has 0 saturated carbocycles. The van der Waals surface area contributed by atoms with Crippen molar-refractivity contribution in [3.8, 4) is 0 Å². The Bertz CT molecular complexity index is 3310. The molecule has 76 heavy (non-hydrogen) atoms. The van der Waals surface area contributed by atoms with Crippen LogP contribution in [0.4, 0.5) is 17.1 Å². The SMILES string of the molecule is [C-]#[N+]C(C(=O)Nc1[c-]ccc(S(=O)(=O)[O-])c1)C1=C(C=CC2=[N+](CCCCS(=O)(=O)O)c3ccc(SOO[O-])cc3C2(C)C)CCC1=C/C=C1/N(CCCCS(=O)(=O)[O-])c2ccc(S(=O)(=O)[O-])cc2C1(C)C.[Na+].[Na+].[Na+].[Na+].[Na+]. The van der Waals surface area contributed by atoms with E-state index in [1.54, 1.807) is 50.3 Å². The van der Waals surface area contributed by atoms with Crippen molar-refractivity contribution in [2.75, 3.05) is 34.8 Å². The van der Waals surface area contributed by atoms with E-state index in [2.05, 4.69) is 25.6 Å². The van der Waals surface area contributed by atoms with E-state index in [1.807, 2.05) is 29.4 Å². The molecule has 6 rings (SSSR count). The van der Waals surface area contributed by atoms with Gasteiger partial charge in [-0.2, -0.15) is 35.5 Å². The first-order valence-corrected chi connectivity index (χ1v) is 28.5. The van der Waals surface area contributed by atoms with Crippen LogP contribution in [-0.2, 0) is 65.5 Å². The Morgan fingerprint density at radius 2 is 1.49 bits per heavy atom. The molecule has 3 aromatic rings. The molecule has 2 N–H and O–H groups in total. The first-order chi connectivity index (χ1) is 33.1. The molecule has 0 aromatic heterocycles. The molecule has 1 unspecified atom stereocenters. The summed E-state index contributed by atoms with van der Waals surface area (Å²) in [4.78, 5) is 19.2. The Balaban J connectivity index is 0.00000578. The minimum Gasteiger partial charge on any atom is -0.748 e. The molecule has 0 fully saturated rings. The van der Waals surface area contributed by atoms with Gasteiger partial charge in [0.25, 0.3) is 10.1 Å². The van der Waals surface area contributed by atoms with E-state index in [0.29, 0.717) is 70.1 Å². The van der Waals surface area contributed by atoms with Crippen molar-refractivity contribution >= 4 is 81.2 Å². The van der Waals surface area contributed by atoms with Gasteiger partial charge in [-0.1, -0.05) is 36.6 Å². The number of fused-ring (bicyclic) bond motifs is 2. The van der Waals surface area contributed by atoms with Gasteiger partial charge in [0.2, 0.25) is 5.69 Å². The molecule has 3 aromatic carbocycles. The first-order valence-electron chi connectivity index (χ1n) is 21.7. The average molecular weight is 1190 g/mol. The summed E-state index contributed by atoms with van der Waals surface area (Å²) in [5, 5.41) is 16.7. The minimum absolute atomic E-state index is 0. The van der Waals surface area contributed by atoms with Crippen LogP contribution >= 0.6 is 12.0 Å². The van der Waals surface area contributed by atoms with Gasteiger partial charge in [-0.25, -0.2) is 31.8 Å². The second kappa shape index (κ2) is 30.5. The van der Waals surface area contributed by atoms with E-state index < -0.39 is 84.5 Å². The number of hydrogen-bond acceptors (Lipinski definition) is 17. The smallest absolute Gasteiger partial charge is 0.748 e. The maximum Gasteiger partial charge on any atom is 1.00 e. The first kappa shape index (κ1) is 73.9. The van der Waals surface area contributed by atoms with Crippen molar-refractivity contribution in [2.45, 2.75) is 97.8 Å². The van der Waals surface area contributed by atoms with E-state index in [1.165, 1.54) is 18.2 Å².